The first-order valence-electron chi connectivity index (χ1n) is 4.52. The monoisotopic (exact) mass is 186 g/mol. The average molecular weight is 186 g/mol. The van der Waals surface area contributed by atoms with Gasteiger partial charge in [-0.25, -0.2) is 0 Å². The topological polar surface area (TPSA) is 17.1 Å². The fourth-order valence-corrected chi connectivity index (χ4v) is 1.75. The Bertz CT molecular complexity index is 141. The fraction of sp³-hybridized carbons (Fsp3) is 0.700. The number of hydrogen-bond acceptors (Lipinski definition) is 2. The van der Waals surface area contributed by atoms with E-state index in [0.29, 0.717) is 0 Å². The number of carbonyl (C=O) groups is 1. The highest BCUT2D eigenvalue weighted by atomic mass is 32.2. The molecule has 0 spiro atoms. The fourth-order valence-electron chi connectivity index (χ4n) is 0.749. The minimum Gasteiger partial charge on any atom is -0.295 e. The molecule has 0 aliphatic heterocycles. The molecule has 0 aromatic carbocycles. The Balaban J connectivity index is 3.05. The Kier molecular flexibility index (Phi) is 8.68. The van der Waals surface area contributed by atoms with E-state index in [1.165, 1.54) is 18.6 Å². The molecule has 12 heavy (non-hydrogen) atoms. The summed E-state index contributed by atoms with van der Waals surface area (Å²) in [5.74, 6) is 2.54. The second-order valence-corrected chi connectivity index (χ2v) is 3.99. The van der Waals surface area contributed by atoms with Gasteiger partial charge in [-0.1, -0.05) is 19.4 Å². The Hall–Kier alpha value is -0.240. The van der Waals surface area contributed by atoms with E-state index in [9.17, 15) is 4.79 Å². The van der Waals surface area contributed by atoms with Crippen LogP contribution in [0.3, 0.4) is 0 Å². The van der Waals surface area contributed by atoms with E-state index < -0.39 is 0 Å². The van der Waals surface area contributed by atoms with E-state index >= 15 is 0 Å². The normalized spacial score (nSPS) is 10.8. The lowest BCUT2D eigenvalue weighted by Gasteiger charge is -1.95. The van der Waals surface area contributed by atoms with Gasteiger partial charge in [-0.3, -0.25) is 4.79 Å². The first kappa shape index (κ1) is 11.8. The Morgan fingerprint density at radius 3 is 2.75 bits per heavy atom. The Labute approximate surface area is 79.6 Å². The van der Waals surface area contributed by atoms with Crippen molar-refractivity contribution in [3.8, 4) is 0 Å². The maximum absolute atomic E-state index is 10.5. The largest absolute Gasteiger partial charge is 0.295 e. The average Bonchev–Trinajstić information content (AvgIpc) is 2.02. The molecule has 2 heteroatoms. The minimum atomic E-state index is 0.147. The standard InChI is InChI=1S/C10H18OS/c1-3-4-8-12-9-6-5-7-10(2)11/h5,7H,3-4,6,8-9H2,1-2H3/b7-5+. The summed E-state index contributed by atoms with van der Waals surface area (Å²) >= 11 is 1.97. The third-order valence-corrected chi connectivity index (χ3v) is 2.53. The van der Waals surface area contributed by atoms with Gasteiger partial charge in [0.25, 0.3) is 0 Å². The molecule has 0 bridgehead atoms. The molecule has 1 nitrogen and oxygen atoms in total. The summed E-state index contributed by atoms with van der Waals surface area (Å²) in [6.07, 6.45) is 7.22. The minimum absolute atomic E-state index is 0.147. The summed E-state index contributed by atoms with van der Waals surface area (Å²) < 4.78 is 0. The van der Waals surface area contributed by atoms with E-state index in [2.05, 4.69) is 6.92 Å². The lowest BCUT2D eigenvalue weighted by Crippen LogP contribution is -1.83. The molecule has 70 valence electrons. The summed E-state index contributed by atoms with van der Waals surface area (Å²) in [7, 11) is 0. The molecule has 0 N–H and O–H groups in total. The number of unbranched alkanes of at least 4 members (excludes halogenated alkanes) is 1. The van der Waals surface area contributed by atoms with Crippen LogP contribution in [0.15, 0.2) is 12.2 Å². The third kappa shape index (κ3) is 9.76. The maximum atomic E-state index is 10.5. The lowest BCUT2D eigenvalue weighted by molar-refractivity contribution is -0.112. The molecule has 0 rings (SSSR count). The third-order valence-electron chi connectivity index (χ3n) is 1.42. The smallest absolute Gasteiger partial charge is 0.152 e. The summed E-state index contributed by atoms with van der Waals surface area (Å²) in [5.41, 5.74) is 0. The summed E-state index contributed by atoms with van der Waals surface area (Å²) in [6, 6.07) is 0. The van der Waals surface area contributed by atoms with Crippen LogP contribution in [-0.4, -0.2) is 17.3 Å². The van der Waals surface area contributed by atoms with Gasteiger partial charge in [0.15, 0.2) is 5.78 Å². The zero-order valence-electron chi connectivity index (χ0n) is 8.01. The highest BCUT2D eigenvalue weighted by Crippen LogP contribution is 2.06. The first-order valence-corrected chi connectivity index (χ1v) is 5.67. The molecular weight excluding hydrogens is 168 g/mol. The van der Waals surface area contributed by atoms with E-state index in [4.69, 9.17) is 0 Å². The van der Waals surface area contributed by atoms with Crippen LogP contribution < -0.4 is 0 Å². The molecule has 0 aromatic rings. The number of hydrogen-bond donors (Lipinski definition) is 0. The van der Waals surface area contributed by atoms with Gasteiger partial charge in [-0.05, 0) is 37.3 Å². The van der Waals surface area contributed by atoms with Gasteiger partial charge < -0.3 is 0 Å². The van der Waals surface area contributed by atoms with Gasteiger partial charge in [-0.2, -0.15) is 11.8 Å². The Morgan fingerprint density at radius 2 is 2.17 bits per heavy atom. The van der Waals surface area contributed by atoms with Gasteiger partial charge in [0, 0.05) is 0 Å². The van der Waals surface area contributed by atoms with Crippen molar-refractivity contribution in [1.29, 1.82) is 0 Å². The van der Waals surface area contributed by atoms with Crippen molar-refractivity contribution >= 4 is 17.5 Å². The molecule has 0 saturated heterocycles. The zero-order chi connectivity index (χ0) is 9.23. The molecule has 0 radical (unpaired) electrons. The van der Waals surface area contributed by atoms with Gasteiger partial charge in [0.05, 0.1) is 0 Å². The van der Waals surface area contributed by atoms with Crippen LogP contribution in [0.5, 0.6) is 0 Å². The predicted molar refractivity (Wildman–Crippen MR) is 56.7 cm³/mol. The highest BCUT2D eigenvalue weighted by molar-refractivity contribution is 7.99. The second-order valence-electron chi connectivity index (χ2n) is 2.77. The lowest BCUT2D eigenvalue weighted by atomic mass is 10.3. The van der Waals surface area contributed by atoms with Crippen LogP contribution in [0, 0.1) is 0 Å². The second kappa shape index (κ2) is 8.85. The van der Waals surface area contributed by atoms with Crippen molar-refractivity contribution in [3.63, 3.8) is 0 Å². The van der Waals surface area contributed by atoms with Gasteiger partial charge in [0.1, 0.15) is 0 Å². The molecule has 0 atom stereocenters. The molecule has 0 aliphatic rings. The maximum Gasteiger partial charge on any atom is 0.152 e. The number of allylic oxidation sites excluding steroid dienone is 2. The van der Waals surface area contributed by atoms with Crippen molar-refractivity contribution in [2.45, 2.75) is 33.1 Å². The quantitative estimate of drug-likeness (QED) is 0.449. The summed E-state index contributed by atoms with van der Waals surface area (Å²) in [6.45, 7) is 3.79. The number of thioether (sulfide) groups is 1. The molecule has 0 fully saturated rings. The van der Waals surface area contributed by atoms with Crippen LogP contribution >= 0.6 is 11.8 Å². The SMILES string of the molecule is CCCCSCC/C=C/C(C)=O. The molecule has 0 amide bonds. The van der Waals surface area contributed by atoms with Crippen LogP contribution in [-0.2, 0) is 4.79 Å². The van der Waals surface area contributed by atoms with E-state index in [1.807, 2.05) is 17.8 Å². The Morgan fingerprint density at radius 1 is 1.42 bits per heavy atom. The number of ketones is 1. The molecule has 0 unspecified atom stereocenters. The van der Waals surface area contributed by atoms with Crippen molar-refractivity contribution in [3.05, 3.63) is 12.2 Å². The number of rotatable bonds is 7. The van der Waals surface area contributed by atoms with Crippen LogP contribution in [0.2, 0.25) is 0 Å². The van der Waals surface area contributed by atoms with Crippen LogP contribution in [0.1, 0.15) is 33.1 Å². The van der Waals surface area contributed by atoms with Gasteiger partial charge >= 0.3 is 0 Å². The van der Waals surface area contributed by atoms with Crippen molar-refractivity contribution in [1.82, 2.24) is 0 Å². The van der Waals surface area contributed by atoms with Crippen LogP contribution in [0.4, 0.5) is 0 Å². The van der Waals surface area contributed by atoms with E-state index in [1.54, 1.807) is 13.0 Å². The number of carbonyl (C=O) groups excluding carboxylic acids is 1. The highest BCUT2D eigenvalue weighted by Gasteiger charge is 1.86. The molecule has 0 heterocycles. The van der Waals surface area contributed by atoms with E-state index in [-0.39, 0.29) is 5.78 Å². The van der Waals surface area contributed by atoms with Gasteiger partial charge in [-0.15, -0.1) is 0 Å². The van der Waals surface area contributed by atoms with Crippen molar-refractivity contribution < 1.29 is 4.79 Å². The molecular formula is C10H18OS. The van der Waals surface area contributed by atoms with E-state index in [0.717, 1.165) is 12.2 Å². The predicted octanol–water partition coefficient (Wildman–Crippen LogP) is 3.06. The summed E-state index contributed by atoms with van der Waals surface area (Å²) in [4.78, 5) is 10.5. The van der Waals surface area contributed by atoms with Crippen LogP contribution in [0.25, 0.3) is 0 Å². The molecule has 0 aromatic heterocycles. The zero-order valence-corrected chi connectivity index (χ0v) is 8.82. The van der Waals surface area contributed by atoms with Crippen molar-refractivity contribution in [2.24, 2.45) is 0 Å². The summed E-state index contributed by atoms with van der Waals surface area (Å²) in [5, 5.41) is 0. The first-order chi connectivity index (χ1) is 5.77. The van der Waals surface area contributed by atoms with Crippen molar-refractivity contribution in [2.75, 3.05) is 11.5 Å². The molecule has 0 saturated carbocycles. The van der Waals surface area contributed by atoms with Gasteiger partial charge in [0.2, 0.25) is 0 Å². The molecule has 0 aliphatic carbocycles.